The quantitative estimate of drug-likeness (QED) is 0.516. The Morgan fingerprint density at radius 2 is 2.05 bits per heavy atom. The van der Waals surface area contributed by atoms with E-state index in [-0.39, 0.29) is 0 Å². The summed E-state index contributed by atoms with van der Waals surface area (Å²) in [5.74, 6) is 1.64. The van der Waals surface area contributed by atoms with Crippen LogP contribution in [0.4, 0.5) is 0 Å². The summed E-state index contributed by atoms with van der Waals surface area (Å²) in [5, 5.41) is 0.779. The predicted molar refractivity (Wildman–Crippen MR) is 83.3 cm³/mol. The first kappa shape index (κ1) is 14.7. The molecule has 0 aliphatic heterocycles. The summed E-state index contributed by atoms with van der Waals surface area (Å²) in [4.78, 5) is 4.66. The molecule has 4 heteroatoms. The lowest BCUT2D eigenvalue weighted by molar-refractivity contribution is 0.576. The summed E-state index contributed by atoms with van der Waals surface area (Å²) in [7, 11) is 0. The molecule has 1 heterocycles. The molecule has 0 fully saturated rings. The third-order valence-electron chi connectivity index (χ3n) is 3.35. The van der Waals surface area contributed by atoms with Crippen molar-refractivity contribution >= 4 is 34.2 Å². The summed E-state index contributed by atoms with van der Waals surface area (Å²) in [5.41, 5.74) is 2.03. The Kier molecular flexibility index (Phi) is 5.53. The van der Waals surface area contributed by atoms with Gasteiger partial charge in [-0.25, -0.2) is 4.98 Å². The molecule has 19 heavy (non-hydrogen) atoms. The number of rotatable bonds is 7. The average Bonchev–Trinajstić information content (AvgIpc) is 2.74. The zero-order chi connectivity index (χ0) is 13.7. The maximum Gasteiger partial charge on any atom is 0.111 e. The molecule has 0 radical (unpaired) electrons. The topological polar surface area (TPSA) is 17.8 Å². The van der Waals surface area contributed by atoms with Crippen LogP contribution in [0.2, 0.25) is 5.02 Å². The van der Waals surface area contributed by atoms with Gasteiger partial charge in [0, 0.05) is 18.8 Å². The minimum atomic E-state index is 0.593. The highest BCUT2D eigenvalue weighted by Crippen LogP contribution is 2.25. The van der Waals surface area contributed by atoms with Crippen LogP contribution >= 0.6 is 23.2 Å². The van der Waals surface area contributed by atoms with Crippen molar-refractivity contribution in [3.63, 3.8) is 0 Å². The van der Waals surface area contributed by atoms with Crippen molar-refractivity contribution in [1.29, 1.82) is 0 Å². The second-order valence-electron chi connectivity index (χ2n) is 4.79. The number of hydrogen-bond acceptors (Lipinski definition) is 1. The van der Waals surface area contributed by atoms with Crippen LogP contribution in [-0.4, -0.2) is 15.4 Å². The van der Waals surface area contributed by atoms with E-state index in [2.05, 4.69) is 16.5 Å². The number of unbranched alkanes of at least 4 members (excludes halogenated alkanes) is 3. The molecule has 0 saturated carbocycles. The Hall–Kier alpha value is -0.730. The first-order chi connectivity index (χ1) is 9.27. The number of halogens is 2. The molecule has 0 saturated heterocycles. The fourth-order valence-corrected chi connectivity index (χ4v) is 2.84. The molecular formula is C15H20Cl2N2. The molecule has 0 N–H and O–H groups in total. The second kappa shape index (κ2) is 7.16. The van der Waals surface area contributed by atoms with Crippen LogP contribution in [0.1, 0.15) is 38.4 Å². The number of imidazole rings is 1. The number of benzene rings is 1. The van der Waals surface area contributed by atoms with Gasteiger partial charge in [0.25, 0.3) is 0 Å². The van der Waals surface area contributed by atoms with E-state index in [1.807, 2.05) is 18.2 Å². The highest BCUT2D eigenvalue weighted by Gasteiger charge is 2.12. The molecule has 0 amide bonds. The van der Waals surface area contributed by atoms with E-state index in [0.29, 0.717) is 5.88 Å². The molecule has 0 bridgehead atoms. The Labute approximate surface area is 124 Å². The van der Waals surface area contributed by atoms with E-state index < -0.39 is 0 Å². The molecule has 0 aliphatic carbocycles. The van der Waals surface area contributed by atoms with E-state index in [4.69, 9.17) is 23.2 Å². The maximum absolute atomic E-state index is 6.32. The van der Waals surface area contributed by atoms with Crippen molar-refractivity contribution in [2.45, 2.75) is 45.6 Å². The molecular weight excluding hydrogens is 279 g/mol. The number of fused-ring (bicyclic) bond motifs is 1. The first-order valence-electron chi connectivity index (χ1n) is 6.97. The van der Waals surface area contributed by atoms with Crippen LogP contribution in [0.3, 0.4) is 0 Å². The Morgan fingerprint density at radius 3 is 2.79 bits per heavy atom. The van der Waals surface area contributed by atoms with Gasteiger partial charge in [-0.15, -0.1) is 11.6 Å². The van der Waals surface area contributed by atoms with Gasteiger partial charge in [0.05, 0.1) is 16.1 Å². The van der Waals surface area contributed by atoms with Gasteiger partial charge >= 0.3 is 0 Å². The van der Waals surface area contributed by atoms with Crippen LogP contribution in [0, 0.1) is 0 Å². The highest BCUT2D eigenvalue weighted by atomic mass is 35.5. The van der Waals surface area contributed by atoms with E-state index in [1.54, 1.807) is 0 Å². The molecule has 0 atom stereocenters. The van der Waals surface area contributed by atoms with Crippen molar-refractivity contribution in [2.75, 3.05) is 5.88 Å². The van der Waals surface area contributed by atoms with Crippen molar-refractivity contribution in [3.05, 3.63) is 29.0 Å². The third kappa shape index (κ3) is 3.43. The monoisotopic (exact) mass is 298 g/mol. The molecule has 2 nitrogen and oxygen atoms in total. The molecule has 2 rings (SSSR count). The fourth-order valence-electron chi connectivity index (χ4n) is 2.40. The smallest absolute Gasteiger partial charge is 0.111 e. The number of alkyl halides is 1. The largest absolute Gasteiger partial charge is 0.327 e. The highest BCUT2D eigenvalue weighted by molar-refractivity contribution is 6.35. The van der Waals surface area contributed by atoms with E-state index in [9.17, 15) is 0 Å². The van der Waals surface area contributed by atoms with E-state index >= 15 is 0 Å². The van der Waals surface area contributed by atoms with Gasteiger partial charge in [0.15, 0.2) is 0 Å². The van der Waals surface area contributed by atoms with E-state index in [0.717, 1.165) is 34.8 Å². The van der Waals surface area contributed by atoms with Crippen LogP contribution < -0.4 is 0 Å². The normalized spacial score (nSPS) is 11.3. The number of aromatic nitrogens is 2. The average molecular weight is 299 g/mol. The van der Waals surface area contributed by atoms with Crippen molar-refractivity contribution in [2.24, 2.45) is 0 Å². The fraction of sp³-hybridized carbons (Fsp3) is 0.533. The molecule has 1 aromatic carbocycles. The summed E-state index contributed by atoms with van der Waals surface area (Å²) in [6, 6.07) is 5.89. The number of aryl methyl sites for hydroxylation is 2. The lowest BCUT2D eigenvalue weighted by atomic mass is 10.2. The minimum absolute atomic E-state index is 0.593. The van der Waals surface area contributed by atoms with E-state index in [1.165, 1.54) is 25.7 Å². The molecule has 0 unspecified atom stereocenters. The van der Waals surface area contributed by atoms with Gasteiger partial charge in [0.1, 0.15) is 5.82 Å². The molecule has 104 valence electrons. The summed E-state index contributed by atoms with van der Waals surface area (Å²) in [6.45, 7) is 3.20. The molecule has 0 spiro atoms. The third-order valence-corrected chi connectivity index (χ3v) is 3.84. The summed E-state index contributed by atoms with van der Waals surface area (Å²) in [6.07, 6.45) is 5.74. The Bertz CT molecular complexity index is 534. The Morgan fingerprint density at radius 1 is 1.21 bits per heavy atom. The van der Waals surface area contributed by atoms with Gasteiger partial charge < -0.3 is 4.57 Å². The number of nitrogens with zero attached hydrogens (tertiary/aromatic N) is 2. The molecule has 1 aromatic heterocycles. The number of para-hydroxylation sites is 1. The summed E-state index contributed by atoms with van der Waals surface area (Å²) >= 11 is 12.2. The van der Waals surface area contributed by atoms with Gasteiger partial charge in [-0.05, 0) is 18.6 Å². The van der Waals surface area contributed by atoms with Gasteiger partial charge in [0.2, 0.25) is 0 Å². The second-order valence-corrected chi connectivity index (χ2v) is 5.57. The van der Waals surface area contributed by atoms with Crippen LogP contribution in [0.25, 0.3) is 11.0 Å². The van der Waals surface area contributed by atoms with Crippen LogP contribution in [0.5, 0.6) is 0 Å². The zero-order valence-electron chi connectivity index (χ0n) is 11.3. The van der Waals surface area contributed by atoms with Crippen LogP contribution in [0.15, 0.2) is 18.2 Å². The SMILES string of the molecule is CCCCCCn1c(CCCl)nc2cccc(Cl)c21. The van der Waals surface area contributed by atoms with Crippen LogP contribution in [-0.2, 0) is 13.0 Å². The Balaban J connectivity index is 2.28. The van der Waals surface area contributed by atoms with Gasteiger partial charge in [-0.1, -0.05) is 43.9 Å². The maximum atomic E-state index is 6.32. The van der Waals surface area contributed by atoms with Crippen molar-refractivity contribution in [1.82, 2.24) is 9.55 Å². The lowest BCUT2D eigenvalue weighted by Crippen LogP contribution is -2.05. The lowest BCUT2D eigenvalue weighted by Gasteiger charge is -2.09. The standard InChI is InChI=1S/C15H20Cl2N2/c1-2-3-4-5-11-19-14(9-10-16)18-13-8-6-7-12(17)15(13)19/h6-8H,2-5,9-11H2,1H3. The van der Waals surface area contributed by atoms with Gasteiger partial charge in [-0.3, -0.25) is 0 Å². The first-order valence-corrected chi connectivity index (χ1v) is 7.88. The van der Waals surface area contributed by atoms with Crippen molar-refractivity contribution in [3.8, 4) is 0 Å². The predicted octanol–water partition coefficient (Wildman–Crippen LogP) is 5.05. The minimum Gasteiger partial charge on any atom is -0.327 e. The number of hydrogen-bond donors (Lipinski definition) is 0. The summed E-state index contributed by atoms with van der Waals surface area (Å²) < 4.78 is 2.25. The van der Waals surface area contributed by atoms with Gasteiger partial charge in [-0.2, -0.15) is 0 Å². The molecule has 0 aliphatic rings. The molecule has 2 aromatic rings. The van der Waals surface area contributed by atoms with Crippen molar-refractivity contribution < 1.29 is 0 Å². The zero-order valence-corrected chi connectivity index (χ0v) is 12.8.